The summed E-state index contributed by atoms with van der Waals surface area (Å²) in [6.45, 7) is 4.26. The number of rotatable bonds is 6. The van der Waals surface area contributed by atoms with Crippen LogP contribution in [0.5, 0.6) is 17.2 Å². The minimum Gasteiger partial charge on any atom is -0.497 e. The molecule has 0 aliphatic heterocycles. The van der Waals surface area contributed by atoms with E-state index in [0.29, 0.717) is 46.1 Å². The maximum Gasteiger partial charge on any atom is 0.339 e. The number of benzene rings is 2. The number of fused-ring (bicyclic) bond motifs is 2. The van der Waals surface area contributed by atoms with Crippen molar-refractivity contribution in [1.82, 2.24) is 0 Å². The molecule has 4 rings (SSSR count). The van der Waals surface area contributed by atoms with Crippen LogP contribution in [-0.2, 0) is 6.42 Å². The molecule has 0 bridgehead atoms. The molecule has 0 fully saturated rings. The molecule has 0 aliphatic rings. The molecule has 0 radical (unpaired) electrons. The van der Waals surface area contributed by atoms with Crippen LogP contribution in [0, 0.1) is 5.92 Å². The van der Waals surface area contributed by atoms with E-state index in [1.54, 1.807) is 31.4 Å². The largest absolute Gasteiger partial charge is 0.497 e. The highest BCUT2D eigenvalue weighted by molar-refractivity contribution is 5.86. The van der Waals surface area contributed by atoms with Crippen molar-refractivity contribution in [1.29, 1.82) is 0 Å². The van der Waals surface area contributed by atoms with E-state index in [-0.39, 0.29) is 0 Å². The van der Waals surface area contributed by atoms with E-state index in [1.165, 1.54) is 12.1 Å². The molecule has 0 saturated carbocycles. The van der Waals surface area contributed by atoms with E-state index in [4.69, 9.17) is 18.3 Å². The normalized spacial score (nSPS) is 11.3. The van der Waals surface area contributed by atoms with Gasteiger partial charge in [0.1, 0.15) is 28.4 Å². The first-order chi connectivity index (χ1) is 14.4. The molecule has 0 amide bonds. The van der Waals surface area contributed by atoms with Crippen LogP contribution in [-0.4, -0.2) is 7.11 Å². The fourth-order valence-corrected chi connectivity index (χ4v) is 3.38. The van der Waals surface area contributed by atoms with Gasteiger partial charge >= 0.3 is 11.3 Å². The van der Waals surface area contributed by atoms with Gasteiger partial charge in [0.15, 0.2) is 0 Å². The van der Waals surface area contributed by atoms with Gasteiger partial charge in [-0.15, -0.1) is 0 Å². The minimum absolute atomic E-state index is 0.368. The van der Waals surface area contributed by atoms with Crippen LogP contribution in [0.1, 0.15) is 25.8 Å². The zero-order valence-electron chi connectivity index (χ0n) is 17.1. The highest BCUT2D eigenvalue weighted by Crippen LogP contribution is 2.35. The van der Waals surface area contributed by atoms with Gasteiger partial charge < -0.3 is 18.3 Å². The van der Waals surface area contributed by atoms with E-state index in [0.717, 1.165) is 17.4 Å². The Labute approximate surface area is 172 Å². The number of hydrogen-bond donors (Lipinski definition) is 0. The average Bonchev–Trinajstić information content (AvgIpc) is 2.72. The van der Waals surface area contributed by atoms with Gasteiger partial charge in [0.25, 0.3) is 0 Å². The van der Waals surface area contributed by atoms with Gasteiger partial charge in [-0.3, -0.25) is 0 Å². The molecule has 2 aromatic carbocycles. The van der Waals surface area contributed by atoms with Crippen molar-refractivity contribution in [2.75, 3.05) is 7.11 Å². The van der Waals surface area contributed by atoms with E-state index < -0.39 is 11.3 Å². The fourth-order valence-electron chi connectivity index (χ4n) is 3.38. The summed E-state index contributed by atoms with van der Waals surface area (Å²) in [5, 5.41) is 1.46. The number of hydrogen-bond acceptors (Lipinski definition) is 6. The zero-order chi connectivity index (χ0) is 21.3. The van der Waals surface area contributed by atoms with Crippen LogP contribution in [0.25, 0.3) is 21.9 Å². The highest BCUT2D eigenvalue weighted by atomic mass is 16.5. The Morgan fingerprint density at radius 2 is 1.70 bits per heavy atom. The van der Waals surface area contributed by atoms with E-state index in [9.17, 15) is 9.59 Å². The van der Waals surface area contributed by atoms with Gasteiger partial charge in [-0.05, 0) is 49.1 Å². The van der Waals surface area contributed by atoms with Gasteiger partial charge in [0.2, 0.25) is 0 Å². The smallest absolute Gasteiger partial charge is 0.339 e. The van der Waals surface area contributed by atoms with Crippen LogP contribution >= 0.6 is 0 Å². The molecule has 0 unspecified atom stereocenters. The summed E-state index contributed by atoms with van der Waals surface area (Å²) < 4.78 is 22.2. The summed E-state index contributed by atoms with van der Waals surface area (Å²) in [6.07, 6.45) is 1.56. The summed E-state index contributed by atoms with van der Waals surface area (Å²) in [7, 11) is 1.55. The van der Waals surface area contributed by atoms with Crippen LogP contribution < -0.4 is 20.7 Å². The molecule has 0 aliphatic carbocycles. The maximum absolute atomic E-state index is 12.1. The molecule has 154 valence electrons. The first kappa shape index (κ1) is 19.8. The second kappa shape index (κ2) is 8.06. The molecule has 2 heterocycles. The summed E-state index contributed by atoms with van der Waals surface area (Å²) in [5.74, 6) is 1.95. The first-order valence-corrected chi connectivity index (χ1v) is 9.80. The van der Waals surface area contributed by atoms with Gasteiger partial charge in [0.05, 0.1) is 18.6 Å². The molecule has 6 heteroatoms. The molecule has 2 aromatic heterocycles. The lowest BCUT2D eigenvalue weighted by Crippen LogP contribution is -2.03. The quantitative estimate of drug-likeness (QED) is 0.405. The van der Waals surface area contributed by atoms with Crippen LogP contribution in [0.4, 0.5) is 0 Å². The Bertz CT molecular complexity index is 1330. The summed E-state index contributed by atoms with van der Waals surface area (Å²) in [5.41, 5.74) is 0.737. The molecular weight excluding hydrogens is 384 g/mol. The summed E-state index contributed by atoms with van der Waals surface area (Å²) >= 11 is 0. The van der Waals surface area contributed by atoms with Gasteiger partial charge in [-0.25, -0.2) is 9.59 Å². The Morgan fingerprint density at radius 1 is 0.900 bits per heavy atom. The van der Waals surface area contributed by atoms with Gasteiger partial charge in [-0.2, -0.15) is 0 Å². The predicted octanol–water partition coefficient (Wildman–Crippen LogP) is 5.29. The van der Waals surface area contributed by atoms with E-state index in [1.807, 2.05) is 12.1 Å². The average molecular weight is 406 g/mol. The maximum atomic E-state index is 12.1. The molecule has 4 aromatic rings. The topological polar surface area (TPSA) is 78.9 Å². The van der Waals surface area contributed by atoms with Crippen molar-refractivity contribution < 1.29 is 18.3 Å². The van der Waals surface area contributed by atoms with Crippen molar-refractivity contribution >= 4 is 21.9 Å². The number of aryl methyl sites for hydroxylation is 1. The van der Waals surface area contributed by atoms with E-state index in [2.05, 4.69) is 13.8 Å². The third-order valence-electron chi connectivity index (χ3n) is 4.95. The number of ether oxygens (including phenoxy) is 2. The van der Waals surface area contributed by atoms with Crippen molar-refractivity contribution in [3.8, 4) is 17.2 Å². The molecule has 0 spiro atoms. The summed E-state index contributed by atoms with van der Waals surface area (Å²) in [4.78, 5) is 24.0. The molecule has 0 N–H and O–H groups in total. The van der Waals surface area contributed by atoms with E-state index >= 15 is 0 Å². The zero-order valence-corrected chi connectivity index (χ0v) is 17.1. The SMILES string of the molecule is COc1ccc2c(Oc3ccc4ccc(=O)oc4c3CCC(C)C)cc(=O)oc2c1. The third kappa shape index (κ3) is 3.94. The molecule has 0 saturated heterocycles. The number of methoxy groups -OCH3 is 1. The Morgan fingerprint density at radius 3 is 2.47 bits per heavy atom. The molecular formula is C24H22O6. The van der Waals surface area contributed by atoms with Crippen molar-refractivity contribution in [3.63, 3.8) is 0 Å². The molecule has 30 heavy (non-hydrogen) atoms. The van der Waals surface area contributed by atoms with Gasteiger partial charge in [0, 0.05) is 23.1 Å². The monoisotopic (exact) mass is 406 g/mol. The Balaban J connectivity index is 1.86. The van der Waals surface area contributed by atoms with Crippen LogP contribution in [0.2, 0.25) is 0 Å². The minimum atomic E-state index is -0.526. The van der Waals surface area contributed by atoms with Crippen molar-refractivity contribution in [3.05, 3.63) is 74.9 Å². The first-order valence-electron chi connectivity index (χ1n) is 9.80. The standard InChI is InChI=1S/C24H22O6/c1-14(2)4-8-18-19(10-5-15-6-11-22(25)30-24(15)18)28-21-13-23(26)29-20-12-16(27-3)7-9-17(20)21/h5-7,9-14H,4,8H2,1-3H3. The lowest BCUT2D eigenvalue weighted by Gasteiger charge is -2.15. The molecule has 6 nitrogen and oxygen atoms in total. The lowest BCUT2D eigenvalue weighted by molar-refractivity contribution is 0.413. The predicted molar refractivity (Wildman–Crippen MR) is 115 cm³/mol. The van der Waals surface area contributed by atoms with Crippen LogP contribution in [0.3, 0.4) is 0 Å². The molecule has 0 atom stereocenters. The highest BCUT2D eigenvalue weighted by Gasteiger charge is 2.16. The fraction of sp³-hybridized carbons (Fsp3) is 0.250. The van der Waals surface area contributed by atoms with Crippen molar-refractivity contribution in [2.45, 2.75) is 26.7 Å². The van der Waals surface area contributed by atoms with Crippen LogP contribution in [0.15, 0.2) is 67.0 Å². The third-order valence-corrected chi connectivity index (χ3v) is 4.95. The Kier molecular flexibility index (Phi) is 5.31. The van der Waals surface area contributed by atoms with Gasteiger partial charge in [-0.1, -0.05) is 13.8 Å². The Hall–Kier alpha value is -3.54. The summed E-state index contributed by atoms with van der Waals surface area (Å²) in [6, 6.07) is 13.3. The van der Waals surface area contributed by atoms with Crippen molar-refractivity contribution in [2.24, 2.45) is 5.92 Å². The second-order valence-electron chi connectivity index (χ2n) is 7.54. The second-order valence-corrected chi connectivity index (χ2v) is 7.54. The lowest BCUT2D eigenvalue weighted by atomic mass is 10.00.